The van der Waals surface area contributed by atoms with Crippen molar-refractivity contribution in [3.8, 4) is 0 Å². The van der Waals surface area contributed by atoms with Crippen molar-refractivity contribution in [1.29, 1.82) is 0 Å². The van der Waals surface area contributed by atoms with Gasteiger partial charge in [-0.25, -0.2) is 4.98 Å². The molecule has 2 N–H and O–H groups in total. The van der Waals surface area contributed by atoms with E-state index in [1.54, 1.807) is 11.3 Å². The van der Waals surface area contributed by atoms with E-state index in [-0.39, 0.29) is 6.04 Å². The summed E-state index contributed by atoms with van der Waals surface area (Å²) in [5.74, 6) is 0.556. The number of guanidine groups is 1. The first kappa shape index (κ1) is 12.6. The molecule has 1 aliphatic heterocycles. The van der Waals surface area contributed by atoms with Gasteiger partial charge in [0.2, 0.25) is 0 Å². The predicted octanol–water partition coefficient (Wildman–Crippen LogP) is 3.09. The first-order chi connectivity index (χ1) is 9.15. The van der Waals surface area contributed by atoms with Gasteiger partial charge in [-0.05, 0) is 31.2 Å². The zero-order chi connectivity index (χ0) is 13.4. The fraction of sp³-hybridized carbons (Fsp3) is 0.231. The molecular formula is C13H13BrN4S. The topological polar surface area (TPSA) is 54.5 Å². The lowest BCUT2D eigenvalue weighted by Crippen LogP contribution is -2.36. The Morgan fingerprint density at radius 1 is 1.37 bits per heavy atom. The fourth-order valence-corrected chi connectivity index (χ4v) is 3.27. The Balaban J connectivity index is 1.96. The van der Waals surface area contributed by atoms with E-state index in [0.717, 1.165) is 20.9 Å². The van der Waals surface area contributed by atoms with Crippen LogP contribution in [-0.2, 0) is 0 Å². The van der Waals surface area contributed by atoms with Crippen molar-refractivity contribution in [1.82, 2.24) is 4.98 Å². The first-order valence-electron chi connectivity index (χ1n) is 5.92. The number of hydrogen-bond donors (Lipinski definition) is 1. The molecule has 6 heteroatoms. The second-order valence-electron chi connectivity index (χ2n) is 4.39. The van der Waals surface area contributed by atoms with Crippen LogP contribution < -0.4 is 10.6 Å². The minimum absolute atomic E-state index is 0.111. The largest absolute Gasteiger partial charge is 0.369 e. The summed E-state index contributed by atoms with van der Waals surface area (Å²) in [4.78, 5) is 11.0. The Hall–Kier alpha value is -1.40. The lowest BCUT2D eigenvalue weighted by atomic mass is 10.2. The van der Waals surface area contributed by atoms with Crippen LogP contribution in [0.4, 0.5) is 5.69 Å². The van der Waals surface area contributed by atoms with E-state index in [2.05, 4.69) is 31.3 Å². The second-order valence-corrected chi connectivity index (χ2v) is 6.19. The third-order valence-corrected chi connectivity index (χ3v) is 4.60. The third-order valence-electron chi connectivity index (χ3n) is 3.01. The normalized spacial score (nSPS) is 18.7. The Kier molecular flexibility index (Phi) is 3.28. The van der Waals surface area contributed by atoms with Crippen LogP contribution in [0.5, 0.6) is 0 Å². The van der Waals surface area contributed by atoms with Crippen LogP contribution in [0.3, 0.4) is 0 Å². The maximum atomic E-state index is 6.02. The summed E-state index contributed by atoms with van der Waals surface area (Å²) in [5.41, 5.74) is 8.11. The molecule has 0 radical (unpaired) electrons. The Bertz CT molecular complexity index is 620. The predicted molar refractivity (Wildman–Crippen MR) is 82.7 cm³/mol. The van der Waals surface area contributed by atoms with Crippen LogP contribution in [0.25, 0.3) is 0 Å². The average molecular weight is 337 g/mol. The second kappa shape index (κ2) is 4.94. The Morgan fingerprint density at radius 2 is 2.11 bits per heavy atom. The van der Waals surface area contributed by atoms with Gasteiger partial charge in [0.25, 0.3) is 0 Å². The van der Waals surface area contributed by atoms with Gasteiger partial charge in [-0.15, -0.1) is 11.3 Å². The number of thiazole rings is 1. The average Bonchev–Trinajstić information content (AvgIpc) is 2.97. The monoisotopic (exact) mass is 336 g/mol. The van der Waals surface area contributed by atoms with Crippen molar-refractivity contribution in [2.75, 3.05) is 11.4 Å². The minimum atomic E-state index is 0.111. The molecule has 98 valence electrons. The smallest absolute Gasteiger partial charge is 0.196 e. The number of aromatic nitrogens is 1. The maximum Gasteiger partial charge on any atom is 0.196 e. The SMILES string of the molecule is Cc1csc(C2CN=C(N)N2c2ccc(Br)cc2)n1. The molecule has 1 aliphatic rings. The van der Waals surface area contributed by atoms with E-state index in [1.807, 2.05) is 36.1 Å². The van der Waals surface area contributed by atoms with Gasteiger partial charge in [0.1, 0.15) is 11.0 Å². The van der Waals surface area contributed by atoms with Crippen molar-refractivity contribution in [2.45, 2.75) is 13.0 Å². The zero-order valence-electron chi connectivity index (χ0n) is 10.4. The molecule has 0 spiro atoms. The highest BCUT2D eigenvalue weighted by Gasteiger charge is 2.30. The van der Waals surface area contributed by atoms with Gasteiger partial charge in [-0.1, -0.05) is 15.9 Å². The van der Waals surface area contributed by atoms with Crippen LogP contribution in [0.2, 0.25) is 0 Å². The van der Waals surface area contributed by atoms with Crippen molar-refractivity contribution < 1.29 is 0 Å². The van der Waals surface area contributed by atoms with E-state index >= 15 is 0 Å². The van der Waals surface area contributed by atoms with Crippen LogP contribution in [0.1, 0.15) is 16.7 Å². The standard InChI is InChI=1S/C13H13BrN4S/c1-8-7-19-12(17-8)11-6-16-13(15)18(11)10-4-2-9(14)3-5-10/h2-5,7,11H,6H2,1H3,(H2,15,16). The van der Waals surface area contributed by atoms with Crippen molar-refractivity contribution in [2.24, 2.45) is 10.7 Å². The Morgan fingerprint density at radius 3 is 2.74 bits per heavy atom. The highest BCUT2D eigenvalue weighted by atomic mass is 79.9. The molecule has 1 aromatic carbocycles. The molecule has 0 bridgehead atoms. The number of nitrogens with zero attached hydrogens (tertiary/aromatic N) is 3. The number of aliphatic imine (C=N–C) groups is 1. The molecule has 4 nitrogen and oxygen atoms in total. The summed E-state index contributed by atoms with van der Waals surface area (Å²) in [6.45, 7) is 2.66. The van der Waals surface area contributed by atoms with E-state index < -0.39 is 0 Å². The van der Waals surface area contributed by atoms with Crippen LogP contribution in [-0.4, -0.2) is 17.5 Å². The van der Waals surface area contributed by atoms with Gasteiger partial charge in [0.15, 0.2) is 5.96 Å². The molecule has 19 heavy (non-hydrogen) atoms. The van der Waals surface area contributed by atoms with Gasteiger partial charge in [-0.2, -0.15) is 0 Å². The van der Waals surface area contributed by atoms with Crippen LogP contribution >= 0.6 is 27.3 Å². The summed E-state index contributed by atoms with van der Waals surface area (Å²) in [6, 6.07) is 8.19. The fourth-order valence-electron chi connectivity index (χ4n) is 2.13. The number of halogens is 1. The summed E-state index contributed by atoms with van der Waals surface area (Å²) in [5, 5.41) is 3.12. The van der Waals surface area contributed by atoms with Crippen molar-refractivity contribution in [3.05, 3.63) is 44.8 Å². The number of benzene rings is 1. The minimum Gasteiger partial charge on any atom is -0.369 e. The summed E-state index contributed by atoms with van der Waals surface area (Å²) in [6.07, 6.45) is 0. The molecule has 0 saturated heterocycles. The number of nitrogens with two attached hydrogens (primary N) is 1. The third kappa shape index (κ3) is 2.37. The maximum absolute atomic E-state index is 6.02. The van der Waals surface area contributed by atoms with E-state index in [4.69, 9.17) is 5.73 Å². The van der Waals surface area contributed by atoms with Gasteiger partial charge in [-0.3, -0.25) is 4.99 Å². The molecular weight excluding hydrogens is 324 g/mol. The molecule has 2 aromatic rings. The molecule has 1 aromatic heterocycles. The molecule has 3 rings (SSSR count). The van der Waals surface area contributed by atoms with Crippen LogP contribution in [0, 0.1) is 6.92 Å². The molecule has 0 fully saturated rings. The summed E-state index contributed by atoms with van der Waals surface area (Å²) >= 11 is 5.10. The van der Waals surface area contributed by atoms with E-state index in [9.17, 15) is 0 Å². The van der Waals surface area contributed by atoms with Gasteiger partial charge in [0, 0.05) is 21.2 Å². The number of hydrogen-bond acceptors (Lipinski definition) is 5. The molecule has 0 aliphatic carbocycles. The molecule has 1 atom stereocenters. The molecule has 0 saturated carbocycles. The van der Waals surface area contributed by atoms with Crippen molar-refractivity contribution in [3.63, 3.8) is 0 Å². The molecule has 1 unspecified atom stereocenters. The van der Waals surface area contributed by atoms with Gasteiger partial charge in [0.05, 0.1) is 6.54 Å². The highest BCUT2D eigenvalue weighted by molar-refractivity contribution is 9.10. The van der Waals surface area contributed by atoms with Gasteiger partial charge >= 0.3 is 0 Å². The number of rotatable bonds is 2. The lowest BCUT2D eigenvalue weighted by molar-refractivity contribution is 0.758. The molecule has 0 amide bonds. The summed E-state index contributed by atoms with van der Waals surface area (Å²) < 4.78 is 1.05. The summed E-state index contributed by atoms with van der Waals surface area (Å²) in [7, 11) is 0. The number of aryl methyl sites for hydroxylation is 1. The quantitative estimate of drug-likeness (QED) is 0.916. The van der Waals surface area contributed by atoms with E-state index in [0.29, 0.717) is 12.5 Å². The van der Waals surface area contributed by atoms with Gasteiger partial charge < -0.3 is 10.6 Å². The Labute approximate surface area is 124 Å². The first-order valence-corrected chi connectivity index (χ1v) is 7.59. The lowest BCUT2D eigenvalue weighted by Gasteiger charge is -2.24. The molecule has 2 heterocycles. The van der Waals surface area contributed by atoms with Crippen molar-refractivity contribution >= 4 is 38.9 Å². The highest BCUT2D eigenvalue weighted by Crippen LogP contribution is 2.33. The zero-order valence-corrected chi connectivity index (χ0v) is 12.8. The van der Waals surface area contributed by atoms with E-state index in [1.165, 1.54) is 0 Å². The number of anilines is 1. The van der Waals surface area contributed by atoms with Crippen LogP contribution in [0.15, 0.2) is 39.1 Å².